The van der Waals surface area contributed by atoms with E-state index < -0.39 is 5.91 Å². The van der Waals surface area contributed by atoms with Crippen LogP contribution in [0.1, 0.15) is 36.6 Å². The molecule has 3 aromatic rings. The normalized spacial score (nSPS) is 14.3. The Hall–Kier alpha value is -2.29. The van der Waals surface area contributed by atoms with E-state index in [0.29, 0.717) is 15.0 Å². The molecule has 0 saturated carbocycles. The average Bonchev–Trinajstić information content (AvgIpc) is 3.29. The predicted molar refractivity (Wildman–Crippen MR) is 123 cm³/mol. The van der Waals surface area contributed by atoms with Crippen molar-refractivity contribution in [1.29, 1.82) is 0 Å². The maximum atomic E-state index is 13.1. The van der Waals surface area contributed by atoms with Crippen molar-refractivity contribution in [2.75, 3.05) is 11.5 Å². The first-order chi connectivity index (χ1) is 14.6. The Morgan fingerprint density at radius 3 is 2.20 bits per heavy atom. The van der Waals surface area contributed by atoms with Crippen molar-refractivity contribution in [3.63, 3.8) is 0 Å². The van der Waals surface area contributed by atoms with Crippen LogP contribution in [0, 0.1) is 5.82 Å². The number of carbonyl (C=O) groups is 2. The van der Waals surface area contributed by atoms with E-state index in [2.05, 4.69) is 10.9 Å². The molecule has 1 saturated heterocycles. The number of thioether (sulfide) groups is 2. The monoisotopic (exact) mass is 458 g/mol. The molecule has 2 N–H and O–H groups in total. The molecule has 8 heteroatoms. The lowest BCUT2D eigenvalue weighted by atomic mass is 10.1. The summed E-state index contributed by atoms with van der Waals surface area (Å²) < 4.78 is 13.5. The van der Waals surface area contributed by atoms with Crippen LogP contribution in [0.5, 0.6) is 0 Å². The van der Waals surface area contributed by atoms with Gasteiger partial charge in [-0.3, -0.25) is 20.4 Å². The van der Waals surface area contributed by atoms with Gasteiger partial charge in [-0.25, -0.2) is 4.39 Å². The van der Waals surface area contributed by atoms with E-state index in [-0.39, 0.29) is 11.7 Å². The fourth-order valence-corrected chi connectivity index (χ4v) is 6.75. The molecular weight excluding hydrogens is 439 g/mol. The minimum Gasteiger partial charge on any atom is -0.267 e. The highest BCUT2D eigenvalue weighted by molar-refractivity contribution is 8.16. The number of nitrogens with one attached hydrogen (secondary N) is 2. The van der Waals surface area contributed by atoms with Gasteiger partial charge in [-0.05, 0) is 65.5 Å². The summed E-state index contributed by atoms with van der Waals surface area (Å²) in [5.41, 5.74) is 7.44. The Morgan fingerprint density at radius 1 is 0.833 bits per heavy atom. The van der Waals surface area contributed by atoms with Gasteiger partial charge in [0.1, 0.15) is 5.82 Å². The van der Waals surface area contributed by atoms with E-state index in [9.17, 15) is 14.0 Å². The number of amides is 2. The van der Waals surface area contributed by atoms with Crippen molar-refractivity contribution in [1.82, 2.24) is 10.9 Å². The average molecular weight is 459 g/mol. The quantitative estimate of drug-likeness (QED) is 0.507. The molecule has 2 aromatic carbocycles. The number of halogens is 1. The molecule has 4 nitrogen and oxygen atoms in total. The van der Waals surface area contributed by atoms with Gasteiger partial charge in [0.2, 0.25) is 0 Å². The molecule has 0 radical (unpaired) electrons. The zero-order valence-corrected chi connectivity index (χ0v) is 18.3. The number of hydrogen-bond donors (Lipinski definition) is 2. The fourth-order valence-electron chi connectivity index (χ4n) is 2.95. The van der Waals surface area contributed by atoms with Crippen LogP contribution in [0.25, 0.3) is 10.4 Å². The molecule has 0 unspecified atom stereocenters. The summed E-state index contributed by atoms with van der Waals surface area (Å²) in [6, 6.07) is 17.1. The van der Waals surface area contributed by atoms with Crippen molar-refractivity contribution < 1.29 is 14.0 Å². The lowest BCUT2D eigenvalue weighted by molar-refractivity contribution is 0.0849. The van der Waals surface area contributed by atoms with Gasteiger partial charge < -0.3 is 0 Å². The molecule has 0 atom stereocenters. The molecule has 1 aromatic heterocycles. The van der Waals surface area contributed by atoms with Gasteiger partial charge in [0.25, 0.3) is 11.8 Å². The highest BCUT2D eigenvalue weighted by Crippen LogP contribution is 2.43. The van der Waals surface area contributed by atoms with Gasteiger partial charge in [0.15, 0.2) is 0 Å². The van der Waals surface area contributed by atoms with E-state index in [0.717, 1.165) is 21.9 Å². The maximum absolute atomic E-state index is 13.1. The Bertz CT molecular complexity index is 1030. The van der Waals surface area contributed by atoms with Gasteiger partial charge in [0, 0.05) is 10.4 Å². The molecule has 2 amide bonds. The van der Waals surface area contributed by atoms with Crippen LogP contribution >= 0.6 is 34.9 Å². The second-order valence-corrected chi connectivity index (χ2v) is 10.4. The third-order valence-corrected chi connectivity index (χ3v) is 8.67. The van der Waals surface area contributed by atoms with Crippen LogP contribution in [-0.4, -0.2) is 23.3 Å². The zero-order valence-electron chi connectivity index (χ0n) is 15.9. The first-order valence-electron chi connectivity index (χ1n) is 9.40. The van der Waals surface area contributed by atoms with E-state index >= 15 is 0 Å². The first kappa shape index (κ1) is 21.0. The van der Waals surface area contributed by atoms with Crippen molar-refractivity contribution in [2.45, 2.75) is 11.0 Å². The minimum atomic E-state index is -0.395. The molecule has 2 heterocycles. The Kier molecular flexibility index (Phi) is 6.76. The highest BCUT2D eigenvalue weighted by atomic mass is 32.2. The van der Waals surface area contributed by atoms with Crippen LogP contribution in [0.2, 0.25) is 0 Å². The SMILES string of the molecule is O=C(NNC(=O)c1ccc(-c2ccc(F)cc2)s1)c1ccc(C2SCCCS2)cc1. The van der Waals surface area contributed by atoms with E-state index in [4.69, 9.17) is 0 Å². The van der Waals surface area contributed by atoms with Crippen LogP contribution < -0.4 is 10.9 Å². The molecular formula is C22H19FN2O2S3. The van der Waals surface area contributed by atoms with Crippen LogP contribution in [0.4, 0.5) is 4.39 Å². The van der Waals surface area contributed by atoms with Crippen molar-refractivity contribution in [2.24, 2.45) is 0 Å². The maximum Gasteiger partial charge on any atom is 0.279 e. The van der Waals surface area contributed by atoms with Gasteiger partial charge in [-0.1, -0.05) is 24.3 Å². The molecule has 0 bridgehead atoms. The van der Waals surface area contributed by atoms with E-state index in [1.54, 1.807) is 36.4 Å². The van der Waals surface area contributed by atoms with Crippen molar-refractivity contribution in [3.8, 4) is 10.4 Å². The van der Waals surface area contributed by atoms with Crippen LogP contribution in [-0.2, 0) is 0 Å². The minimum absolute atomic E-state index is 0.305. The number of thiophene rings is 1. The second-order valence-electron chi connectivity index (χ2n) is 6.63. The molecule has 1 aliphatic rings. The first-order valence-corrected chi connectivity index (χ1v) is 12.3. The number of carbonyl (C=O) groups excluding carboxylic acids is 2. The number of hydrazine groups is 1. The third kappa shape index (κ3) is 5.06. The second kappa shape index (κ2) is 9.68. The highest BCUT2D eigenvalue weighted by Gasteiger charge is 2.17. The van der Waals surface area contributed by atoms with Gasteiger partial charge >= 0.3 is 0 Å². The largest absolute Gasteiger partial charge is 0.279 e. The summed E-state index contributed by atoms with van der Waals surface area (Å²) in [6.07, 6.45) is 1.24. The topological polar surface area (TPSA) is 58.2 Å². The Balaban J connectivity index is 1.33. The molecule has 1 aliphatic heterocycles. The summed E-state index contributed by atoms with van der Waals surface area (Å²) in [7, 11) is 0. The van der Waals surface area contributed by atoms with Gasteiger partial charge in [0.05, 0.1) is 9.46 Å². The van der Waals surface area contributed by atoms with E-state index in [1.165, 1.54) is 35.5 Å². The number of benzene rings is 2. The van der Waals surface area contributed by atoms with Crippen LogP contribution in [0.15, 0.2) is 60.7 Å². The summed E-state index contributed by atoms with van der Waals surface area (Å²) in [5, 5.41) is 0. The smallest absolute Gasteiger partial charge is 0.267 e. The van der Waals surface area contributed by atoms with E-state index in [1.807, 2.05) is 35.7 Å². The number of rotatable bonds is 4. The molecule has 0 spiro atoms. The lowest BCUT2D eigenvalue weighted by Gasteiger charge is -2.21. The summed E-state index contributed by atoms with van der Waals surface area (Å²) >= 11 is 5.14. The fraction of sp³-hybridized carbons (Fsp3) is 0.182. The summed E-state index contributed by atoms with van der Waals surface area (Å²) in [4.78, 5) is 26.0. The van der Waals surface area contributed by atoms with Crippen molar-refractivity contribution >= 4 is 46.7 Å². The van der Waals surface area contributed by atoms with Crippen LogP contribution in [0.3, 0.4) is 0 Å². The Morgan fingerprint density at radius 2 is 1.50 bits per heavy atom. The lowest BCUT2D eigenvalue weighted by Crippen LogP contribution is -2.41. The molecule has 1 fully saturated rings. The number of hydrogen-bond acceptors (Lipinski definition) is 5. The summed E-state index contributed by atoms with van der Waals surface area (Å²) in [6.45, 7) is 0. The molecule has 154 valence electrons. The third-order valence-electron chi connectivity index (χ3n) is 4.52. The molecule has 30 heavy (non-hydrogen) atoms. The summed E-state index contributed by atoms with van der Waals surface area (Å²) in [5.74, 6) is 1.26. The predicted octanol–water partition coefficient (Wildman–Crippen LogP) is 5.50. The van der Waals surface area contributed by atoms with Gasteiger partial charge in [-0.15, -0.1) is 34.9 Å². The zero-order chi connectivity index (χ0) is 20.9. The molecule has 4 rings (SSSR count). The van der Waals surface area contributed by atoms with Crippen molar-refractivity contribution in [3.05, 3.63) is 82.5 Å². The standard InChI is InChI=1S/C22H19FN2O2S3/c23-17-8-6-14(7-9-17)18-10-11-19(30-18)21(27)25-24-20(26)15-2-4-16(5-3-15)22-28-12-1-13-29-22/h2-11,22H,1,12-13H2,(H,24,26)(H,25,27). The molecule has 0 aliphatic carbocycles. The van der Waals surface area contributed by atoms with Gasteiger partial charge in [-0.2, -0.15) is 0 Å². The Labute approximate surface area is 186 Å².